The molecule has 4 nitrogen and oxygen atoms in total. The lowest BCUT2D eigenvalue weighted by atomic mass is 9.78. The van der Waals surface area contributed by atoms with Crippen LogP contribution in [0.5, 0.6) is 0 Å². The Morgan fingerprint density at radius 1 is 1.18 bits per heavy atom. The van der Waals surface area contributed by atoms with Crippen molar-refractivity contribution < 1.29 is 14.7 Å². The van der Waals surface area contributed by atoms with Crippen LogP contribution in [0.1, 0.15) is 44.2 Å². The Labute approximate surface area is 130 Å². The van der Waals surface area contributed by atoms with Crippen molar-refractivity contribution in [3.63, 3.8) is 0 Å². The van der Waals surface area contributed by atoms with Crippen LogP contribution in [-0.2, 0) is 9.59 Å². The maximum Gasteiger partial charge on any atom is 0.307 e. The smallest absolute Gasteiger partial charge is 0.307 e. The number of carbonyl (C=O) groups is 2. The zero-order chi connectivity index (χ0) is 15.7. The van der Waals surface area contributed by atoms with Gasteiger partial charge in [-0.3, -0.25) is 9.59 Å². The average molecular weight is 301 g/mol. The molecule has 0 unspecified atom stereocenters. The lowest BCUT2D eigenvalue weighted by molar-refractivity contribution is -0.149. The Kier molecular flexibility index (Phi) is 4.19. The number of aliphatic carboxylic acids is 1. The monoisotopic (exact) mass is 301 g/mol. The van der Waals surface area contributed by atoms with E-state index in [4.69, 9.17) is 0 Å². The van der Waals surface area contributed by atoms with Crippen LogP contribution in [0.15, 0.2) is 30.3 Å². The number of nitrogens with one attached hydrogen (secondary N) is 1. The molecule has 0 radical (unpaired) electrons. The predicted octanol–water partition coefficient (Wildman–Crippen LogP) is 3.00. The van der Waals surface area contributed by atoms with E-state index in [0.717, 1.165) is 31.2 Å². The number of fused-ring (bicyclic) bond motifs is 2. The topological polar surface area (TPSA) is 66.4 Å². The summed E-state index contributed by atoms with van der Waals surface area (Å²) >= 11 is 0. The molecule has 0 aliphatic heterocycles. The number of rotatable bonds is 5. The van der Waals surface area contributed by atoms with Crippen molar-refractivity contribution in [2.24, 2.45) is 23.7 Å². The van der Waals surface area contributed by atoms with Crippen molar-refractivity contribution in [3.8, 4) is 0 Å². The minimum atomic E-state index is -0.805. The first-order valence-corrected chi connectivity index (χ1v) is 8.20. The maximum atomic E-state index is 12.7. The van der Waals surface area contributed by atoms with Crippen LogP contribution < -0.4 is 5.32 Å². The van der Waals surface area contributed by atoms with Gasteiger partial charge in [-0.05, 0) is 43.1 Å². The first-order valence-electron chi connectivity index (χ1n) is 8.20. The summed E-state index contributed by atoms with van der Waals surface area (Å²) in [5, 5.41) is 12.6. The largest absolute Gasteiger partial charge is 0.481 e. The molecule has 2 aliphatic carbocycles. The van der Waals surface area contributed by atoms with E-state index in [1.54, 1.807) is 0 Å². The summed E-state index contributed by atoms with van der Waals surface area (Å²) < 4.78 is 0. The third kappa shape index (κ3) is 2.62. The summed E-state index contributed by atoms with van der Waals surface area (Å²) in [6.45, 7) is 2.04. The van der Waals surface area contributed by atoms with Crippen LogP contribution in [0.4, 0.5) is 0 Å². The molecule has 0 spiro atoms. The van der Waals surface area contributed by atoms with Gasteiger partial charge in [-0.2, -0.15) is 0 Å². The fourth-order valence-corrected chi connectivity index (χ4v) is 4.40. The van der Waals surface area contributed by atoms with Crippen molar-refractivity contribution in [3.05, 3.63) is 35.9 Å². The molecule has 0 heterocycles. The lowest BCUT2D eigenvalue weighted by Crippen LogP contribution is -2.42. The summed E-state index contributed by atoms with van der Waals surface area (Å²) in [5.41, 5.74) is 1.08. The van der Waals surface area contributed by atoms with E-state index >= 15 is 0 Å². The molecule has 1 aromatic rings. The van der Waals surface area contributed by atoms with Gasteiger partial charge in [0.2, 0.25) is 5.91 Å². The van der Waals surface area contributed by atoms with Crippen molar-refractivity contribution in [1.82, 2.24) is 5.32 Å². The van der Waals surface area contributed by atoms with Crippen LogP contribution in [0.3, 0.4) is 0 Å². The molecule has 0 aromatic heterocycles. The molecule has 22 heavy (non-hydrogen) atoms. The Bertz CT molecular complexity index is 557. The molecule has 1 amide bonds. The predicted molar refractivity (Wildman–Crippen MR) is 83.1 cm³/mol. The molecule has 0 saturated heterocycles. The standard InChI is InChI=1S/C18H23NO3/c1-2-14(11-6-4-3-5-7-11)19-17(20)15-12-8-9-13(10-12)16(15)18(21)22/h3-7,12-16H,2,8-10H2,1H3,(H,19,20)(H,21,22)/t12-,13+,14+,15-,16+/m1/s1. The van der Waals surface area contributed by atoms with Crippen molar-refractivity contribution >= 4 is 11.9 Å². The van der Waals surface area contributed by atoms with E-state index in [2.05, 4.69) is 5.32 Å². The highest BCUT2D eigenvalue weighted by atomic mass is 16.4. The first kappa shape index (κ1) is 15.1. The van der Waals surface area contributed by atoms with Crippen LogP contribution in [0.2, 0.25) is 0 Å². The Morgan fingerprint density at radius 3 is 2.41 bits per heavy atom. The van der Waals surface area contributed by atoms with Crippen molar-refractivity contribution in [2.75, 3.05) is 0 Å². The third-order valence-corrected chi connectivity index (χ3v) is 5.43. The van der Waals surface area contributed by atoms with Crippen molar-refractivity contribution in [2.45, 2.75) is 38.6 Å². The zero-order valence-corrected chi connectivity index (χ0v) is 12.9. The summed E-state index contributed by atoms with van der Waals surface area (Å²) in [5.74, 6) is -1.29. The molecule has 4 heteroatoms. The number of amides is 1. The molecule has 3 rings (SSSR count). The van der Waals surface area contributed by atoms with Gasteiger partial charge in [-0.25, -0.2) is 0 Å². The summed E-state index contributed by atoms with van der Waals surface area (Å²) in [4.78, 5) is 24.3. The van der Waals surface area contributed by atoms with Crippen LogP contribution in [-0.4, -0.2) is 17.0 Å². The molecule has 2 N–H and O–H groups in total. The summed E-state index contributed by atoms with van der Waals surface area (Å²) in [7, 11) is 0. The fourth-order valence-electron chi connectivity index (χ4n) is 4.40. The van der Waals surface area contributed by atoms with Gasteiger partial charge in [0.05, 0.1) is 17.9 Å². The van der Waals surface area contributed by atoms with Gasteiger partial charge in [0.1, 0.15) is 0 Å². The molecule has 1 aromatic carbocycles. The molecule has 2 aliphatic rings. The molecule has 118 valence electrons. The molecule has 5 atom stereocenters. The Balaban J connectivity index is 1.74. The van der Waals surface area contributed by atoms with E-state index in [-0.39, 0.29) is 29.7 Å². The summed E-state index contributed by atoms with van der Waals surface area (Å²) in [6, 6.07) is 9.84. The van der Waals surface area contributed by atoms with E-state index in [1.807, 2.05) is 37.3 Å². The maximum absolute atomic E-state index is 12.7. The van der Waals surface area contributed by atoms with Gasteiger partial charge in [0.25, 0.3) is 0 Å². The van der Waals surface area contributed by atoms with Crippen LogP contribution in [0, 0.1) is 23.7 Å². The third-order valence-electron chi connectivity index (χ3n) is 5.43. The van der Waals surface area contributed by atoms with Gasteiger partial charge < -0.3 is 10.4 Å². The van der Waals surface area contributed by atoms with Gasteiger partial charge in [-0.1, -0.05) is 37.3 Å². The van der Waals surface area contributed by atoms with E-state index in [0.29, 0.717) is 0 Å². The number of benzene rings is 1. The molecule has 2 fully saturated rings. The second-order valence-electron chi connectivity index (χ2n) is 6.60. The normalized spacial score (nSPS) is 31.0. The van der Waals surface area contributed by atoms with Gasteiger partial charge >= 0.3 is 5.97 Å². The Hall–Kier alpha value is -1.84. The van der Waals surface area contributed by atoms with E-state index in [9.17, 15) is 14.7 Å². The van der Waals surface area contributed by atoms with Crippen LogP contribution >= 0.6 is 0 Å². The summed E-state index contributed by atoms with van der Waals surface area (Å²) in [6.07, 6.45) is 3.65. The highest BCUT2D eigenvalue weighted by Gasteiger charge is 2.54. The second kappa shape index (κ2) is 6.11. The Morgan fingerprint density at radius 2 is 1.82 bits per heavy atom. The average Bonchev–Trinajstić information content (AvgIpc) is 3.14. The highest BCUT2D eigenvalue weighted by molar-refractivity contribution is 5.86. The van der Waals surface area contributed by atoms with Gasteiger partial charge in [0, 0.05) is 0 Å². The van der Waals surface area contributed by atoms with Crippen LogP contribution in [0.25, 0.3) is 0 Å². The van der Waals surface area contributed by atoms with Gasteiger partial charge in [-0.15, -0.1) is 0 Å². The SMILES string of the molecule is CC[C@H](NC(=O)[C@@H]1[C@@H]2CC[C@@H](C2)[C@@H]1C(=O)O)c1ccccc1. The number of carboxylic acid groups (broad SMARTS) is 1. The number of carboxylic acids is 1. The molecular formula is C18H23NO3. The minimum Gasteiger partial charge on any atom is -0.481 e. The van der Waals surface area contributed by atoms with Crippen molar-refractivity contribution in [1.29, 1.82) is 0 Å². The van der Waals surface area contributed by atoms with E-state index < -0.39 is 11.9 Å². The number of hydrogen-bond acceptors (Lipinski definition) is 2. The quantitative estimate of drug-likeness (QED) is 0.878. The van der Waals surface area contributed by atoms with E-state index in [1.165, 1.54) is 0 Å². The molecule has 2 saturated carbocycles. The first-order chi connectivity index (χ1) is 10.6. The molecule has 2 bridgehead atoms. The number of carbonyl (C=O) groups excluding carboxylic acids is 1. The second-order valence-corrected chi connectivity index (χ2v) is 6.60. The zero-order valence-electron chi connectivity index (χ0n) is 12.9. The fraction of sp³-hybridized carbons (Fsp3) is 0.556. The highest BCUT2D eigenvalue weighted by Crippen LogP contribution is 2.52. The molecular weight excluding hydrogens is 278 g/mol. The lowest BCUT2D eigenvalue weighted by Gasteiger charge is -2.29. The number of hydrogen-bond donors (Lipinski definition) is 2. The minimum absolute atomic E-state index is 0.0396. The van der Waals surface area contributed by atoms with Gasteiger partial charge in [0.15, 0.2) is 0 Å².